The predicted octanol–water partition coefficient (Wildman–Crippen LogP) is 3.02. The number of thiophene rings is 1. The van der Waals surface area contributed by atoms with Crippen LogP contribution in [0.3, 0.4) is 0 Å². The van der Waals surface area contributed by atoms with Crippen molar-refractivity contribution in [1.82, 2.24) is 19.9 Å². The van der Waals surface area contributed by atoms with Crippen molar-refractivity contribution in [3.63, 3.8) is 0 Å². The zero-order valence-electron chi connectivity index (χ0n) is 14.8. The Morgan fingerprint density at radius 3 is 2.71 bits per heavy atom. The third-order valence-corrected chi connectivity index (χ3v) is 5.60. The topological polar surface area (TPSA) is 85.0 Å². The fraction of sp³-hybridized carbons (Fsp3) is 0.263. The quantitative estimate of drug-likeness (QED) is 0.726. The summed E-state index contributed by atoms with van der Waals surface area (Å²) in [6.07, 6.45) is 3.05. The van der Waals surface area contributed by atoms with E-state index in [1.165, 1.54) is 6.07 Å². The molecule has 3 aromatic rings. The summed E-state index contributed by atoms with van der Waals surface area (Å²) in [6, 6.07) is 6.43. The second-order valence-electron chi connectivity index (χ2n) is 6.60. The summed E-state index contributed by atoms with van der Waals surface area (Å²) in [7, 11) is 0. The molecule has 0 saturated carbocycles. The summed E-state index contributed by atoms with van der Waals surface area (Å²) < 4.78 is 26.3. The van der Waals surface area contributed by atoms with Crippen LogP contribution in [0.5, 0.6) is 0 Å². The van der Waals surface area contributed by atoms with Gasteiger partial charge in [0.15, 0.2) is 10.9 Å². The third kappa shape index (κ3) is 3.84. The molecule has 1 unspecified atom stereocenters. The van der Waals surface area contributed by atoms with E-state index < -0.39 is 5.82 Å². The van der Waals surface area contributed by atoms with E-state index >= 15 is 0 Å². The minimum Gasteiger partial charge on any atom is -0.397 e. The van der Waals surface area contributed by atoms with Crippen molar-refractivity contribution >= 4 is 22.9 Å². The molecule has 0 radical (unpaired) electrons. The first-order valence-corrected chi connectivity index (χ1v) is 9.57. The number of carbonyl (C=O) groups is 1. The highest BCUT2D eigenvalue weighted by Gasteiger charge is 2.29. The van der Waals surface area contributed by atoms with Gasteiger partial charge in [-0.2, -0.15) is 4.39 Å². The van der Waals surface area contributed by atoms with Crippen molar-refractivity contribution in [3.05, 3.63) is 59.1 Å². The highest BCUT2D eigenvalue weighted by Crippen LogP contribution is 2.28. The number of nitrogens with zero attached hydrogens (tertiary/aromatic N) is 4. The molecule has 0 bridgehead atoms. The molecule has 1 saturated heterocycles. The van der Waals surface area contributed by atoms with Gasteiger partial charge in [0.25, 0.3) is 0 Å². The minimum atomic E-state index is -0.485. The molecule has 9 heteroatoms. The van der Waals surface area contributed by atoms with Crippen molar-refractivity contribution in [1.29, 1.82) is 0 Å². The molecule has 1 aliphatic heterocycles. The molecular formula is C19H17F2N5OS. The summed E-state index contributed by atoms with van der Waals surface area (Å²) in [5.74, 6) is -0.0635. The van der Waals surface area contributed by atoms with Crippen LogP contribution in [0.25, 0.3) is 10.6 Å². The number of rotatable bonds is 4. The van der Waals surface area contributed by atoms with Crippen molar-refractivity contribution < 1.29 is 13.6 Å². The summed E-state index contributed by atoms with van der Waals surface area (Å²) in [6.45, 7) is 1.04. The van der Waals surface area contributed by atoms with Crippen LogP contribution >= 0.6 is 11.3 Å². The number of nitrogen functional groups attached to an aromatic ring is 1. The maximum Gasteiger partial charge on any atom is 0.228 e. The first-order chi connectivity index (χ1) is 13.5. The molecule has 2 N–H and O–H groups in total. The molecule has 4 rings (SSSR count). The van der Waals surface area contributed by atoms with Crippen LogP contribution < -0.4 is 5.73 Å². The van der Waals surface area contributed by atoms with Crippen molar-refractivity contribution in [2.75, 3.05) is 18.8 Å². The largest absolute Gasteiger partial charge is 0.397 e. The smallest absolute Gasteiger partial charge is 0.228 e. The fourth-order valence-corrected chi connectivity index (χ4v) is 3.93. The van der Waals surface area contributed by atoms with E-state index in [0.29, 0.717) is 40.9 Å². The number of pyridine rings is 1. The number of amides is 1. The molecular weight excluding hydrogens is 384 g/mol. The van der Waals surface area contributed by atoms with Crippen molar-refractivity contribution in [3.8, 4) is 10.6 Å². The van der Waals surface area contributed by atoms with Gasteiger partial charge in [0.2, 0.25) is 5.91 Å². The number of halogens is 2. The third-order valence-electron chi connectivity index (χ3n) is 4.70. The Morgan fingerprint density at radius 2 is 2.00 bits per heavy atom. The number of likely N-dealkylation sites (tertiary alicyclic amines) is 1. The molecule has 0 aliphatic carbocycles. The fourth-order valence-electron chi connectivity index (χ4n) is 3.23. The van der Waals surface area contributed by atoms with Crippen LogP contribution in [0.1, 0.15) is 23.9 Å². The molecule has 1 atom stereocenters. The highest BCUT2D eigenvalue weighted by molar-refractivity contribution is 7.13. The van der Waals surface area contributed by atoms with Crippen LogP contribution in [0, 0.1) is 10.9 Å². The highest BCUT2D eigenvalue weighted by atomic mass is 32.1. The van der Waals surface area contributed by atoms with Gasteiger partial charge in [0.05, 0.1) is 40.8 Å². The summed E-state index contributed by atoms with van der Waals surface area (Å²) in [5.41, 5.74) is 7.47. The predicted molar refractivity (Wildman–Crippen MR) is 102 cm³/mol. The standard InChI is InChI=1S/C19H17F2N5OS/c20-12-8-23-19(24-9-12)11-5-6-26(10-11)18(27)7-15-13(22)1-2-14(25-15)16-3-4-17(21)28-16/h1-4,8-9,11H,5-7,10,22H2. The number of aromatic nitrogens is 3. The van der Waals surface area contributed by atoms with Gasteiger partial charge in [-0.05, 0) is 30.7 Å². The van der Waals surface area contributed by atoms with Gasteiger partial charge in [-0.1, -0.05) is 0 Å². The van der Waals surface area contributed by atoms with Gasteiger partial charge in [0, 0.05) is 19.0 Å². The Balaban J connectivity index is 1.46. The van der Waals surface area contributed by atoms with E-state index in [1.807, 2.05) is 0 Å². The normalized spacial score (nSPS) is 16.5. The summed E-state index contributed by atoms with van der Waals surface area (Å²) >= 11 is 0.993. The average molecular weight is 401 g/mol. The Labute approximate surface area is 164 Å². The lowest BCUT2D eigenvalue weighted by Gasteiger charge is -2.17. The lowest BCUT2D eigenvalue weighted by Crippen LogP contribution is -2.30. The van der Waals surface area contributed by atoms with Crippen LogP contribution in [-0.4, -0.2) is 38.8 Å². The number of hydrogen-bond acceptors (Lipinski definition) is 6. The lowest BCUT2D eigenvalue weighted by atomic mass is 10.1. The molecule has 4 heterocycles. The molecule has 1 aliphatic rings. The number of hydrogen-bond donors (Lipinski definition) is 1. The molecule has 3 aromatic heterocycles. The maximum absolute atomic E-state index is 13.3. The minimum absolute atomic E-state index is 0.0183. The van der Waals surface area contributed by atoms with Crippen molar-refractivity contribution in [2.45, 2.75) is 18.8 Å². The van der Waals surface area contributed by atoms with Crippen LogP contribution in [0.2, 0.25) is 0 Å². The second kappa shape index (κ2) is 7.59. The van der Waals surface area contributed by atoms with E-state index in [-0.39, 0.29) is 23.4 Å². The van der Waals surface area contributed by atoms with Gasteiger partial charge < -0.3 is 10.6 Å². The first kappa shape index (κ1) is 18.4. The van der Waals surface area contributed by atoms with Crippen LogP contribution in [0.15, 0.2) is 36.7 Å². The van der Waals surface area contributed by atoms with Crippen LogP contribution in [0.4, 0.5) is 14.5 Å². The van der Waals surface area contributed by atoms with Gasteiger partial charge in [-0.15, -0.1) is 11.3 Å². The maximum atomic E-state index is 13.3. The molecule has 0 spiro atoms. The molecule has 1 fully saturated rings. The van der Waals surface area contributed by atoms with E-state index in [1.54, 1.807) is 23.1 Å². The van der Waals surface area contributed by atoms with E-state index in [4.69, 9.17) is 5.73 Å². The first-order valence-electron chi connectivity index (χ1n) is 8.76. The summed E-state index contributed by atoms with van der Waals surface area (Å²) in [5, 5.41) is -0.294. The Hall–Kier alpha value is -2.94. The van der Waals surface area contributed by atoms with Crippen molar-refractivity contribution in [2.24, 2.45) is 0 Å². The monoisotopic (exact) mass is 401 g/mol. The zero-order valence-corrected chi connectivity index (χ0v) is 15.6. The lowest BCUT2D eigenvalue weighted by molar-refractivity contribution is -0.129. The van der Waals surface area contributed by atoms with Gasteiger partial charge in [-0.25, -0.2) is 19.3 Å². The van der Waals surface area contributed by atoms with Gasteiger partial charge >= 0.3 is 0 Å². The number of anilines is 1. The SMILES string of the molecule is Nc1ccc(-c2ccc(F)s2)nc1CC(=O)N1CCC(c2ncc(F)cn2)C1. The van der Waals surface area contributed by atoms with Gasteiger partial charge in [-0.3, -0.25) is 4.79 Å². The van der Waals surface area contributed by atoms with E-state index in [0.717, 1.165) is 30.2 Å². The Kier molecular flexibility index (Phi) is 4.99. The molecule has 6 nitrogen and oxygen atoms in total. The average Bonchev–Trinajstić information content (AvgIpc) is 3.34. The van der Waals surface area contributed by atoms with Crippen LogP contribution in [-0.2, 0) is 11.2 Å². The second-order valence-corrected chi connectivity index (χ2v) is 7.63. The Bertz CT molecular complexity index is 1010. The Morgan fingerprint density at radius 1 is 1.21 bits per heavy atom. The number of nitrogens with two attached hydrogens (primary N) is 1. The molecule has 28 heavy (non-hydrogen) atoms. The van der Waals surface area contributed by atoms with E-state index in [9.17, 15) is 13.6 Å². The zero-order chi connectivity index (χ0) is 19.7. The molecule has 144 valence electrons. The van der Waals surface area contributed by atoms with Gasteiger partial charge in [0.1, 0.15) is 5.82 Å². The number of carbonyl (C=O) groups excluding carboxylic acids is 1. The molecule has 0 aromatic carbocycles. The molecule has 1 amide bonds. The summed E-state index contributed by atoms with van der Waals surface area (Å²) in [4.78, 5) is 27.6. The van der Waals surface area contributed by atoms with E-state index in [2.05, 4.69) is 15.0 Å².